The molecule has 0 bridgehead atoms. The number of carbonyl (C=O) groups excluding carboxylic acids is 3. The lowest BCUT2D eigenvalue weighted by molar-refractivity contribution is -0.143. The van der Waals surface area contributed by atoms with Crippen LogP contribution >= 0.6 is 23.2 Å². The molecule has 1 aromatic carbocycles. The zero-order valence-corrected chi connectivity index (χ0v) is 16.7. The van der Waals surface area contributed by atoms with E-state index in [4.69, 9.17) is 27.9 Å². The molecule has 2 N–H and O–H groups in total. The van der Waals surface area contributed by atoms with Crippen molar-refractivity contribution < 1.29 is 24.2 Å². The number of amides is 1. The number of benzene rings is 1. The summed E-state index contributed by atoms with van der Waals surface area (Å²) in [4.78, 5) is 40.2. The lowest BCUT2D eigenvalue weighted by atomic mass is 10.1. The summed E-state index contributed by atoms with van der Waals surface area (Å²) in [5.74, 6) is -2.81. The molecule has 0 radical (unpaired) electrons. The van der Waals surface area contributed by atoms with Gasteiger partial charge in [0.2, 0.25) is 0 Å². The first-order valence-electron chi connectivity index (χ1n) is 8.36. The number of rotatable bonds is 7. The molecular weight excluding hydrogens is 421 g/mol. The number of pyridine rings is 1. The van der Waals surface area contributed by atoms with E-state index in [0.29, 0.717) is 0 Å². The molecule has 1 heterocycles. The number of aromatic nitrogens is 1. The second-order valence-corrected chi connectivity index (χ2v) is 6.46. The molecule has 0 spiro atoms. The van der Waals surface area contributed by atoms with Crippen LogP contribution in [0.2, 0.25) is 10.0 Å². The molecule has 0 aliphatic carbocycles. The molecule has 29 heavy (non-hydrogen) atoms. The minimum atomic E-state index is -0.715. The molecule has 0 aliphatic heterocycles. The molecule has 0 unspecified atom stereocenters. The van der Waals surface area contributed by atoms with Gasteiger partial charge in [0.1, 0.15) is 11.9 Å². The molecule has 0 aliphatic rings. The van der Waals surface area contributed by atoms with Crippen molar-refractivity contribution in [3.63, 3.8) is 0 Å². The van der Waals surface area contributed by atoms with Gasteiger partial charge < -0.3 is 15.2 Å². The van der Waals surface area contributed by atoms with Crippen LogP contribution in [0.4, 0.5) is 5.82 Å². The number of hydrogen-bond acceptors (Lipinski definition) is 7. The molecular formula is C19H15Cl2N3O5. The summed E-state index contributed by atoms with van der Waals surface area (Å²) in [6, 6.07) is 7.32. The fraction of sp³-hybridized carbons (Fsp3) is 0.211. The Labute approximate surface area is 176 Å². The number of carbonyl (C=O) groups is 3. The van der Waals surface area contributed by atoms with E-state index in [0.717, 1.165) is 6.07 Å². The van der Waals surface area contributed by atoms with Crippen LogP contribution in [0.1, 0.15) is 46.2 Å². The quantitative estimate of drug-likeness (QED) is 0.500. The number of hydrogen-bond donors (Lipinski definition) is 2. The van der Waals surface area contributed by atoms with Crippen molar-refractivity contribution in [3.8, 4) is 11.8 Å². The number of nitriles is 1. The third-order valence-corrected chi connectivity index (χ3v) is 4.30. The van der Waals surface area contributed by atoms with Crippen molar-refractivity contribution in [2.45, 2.75) is 19.8 Å². The standard InChI is InChI=1S/C19H15Cl2N3O5/c1-2-29-15(26)7-6-13(25)17-18(27)10(9-22)8-14(23-17)24-19(28)16-11(20)4-3-5-12(16)21/h3-5,8,27H,2,6-7H2,1H3,(H,23,24,28). The predicted octanol–water partition coefficient (Wildman–Crippen LogP) is 3.74. The van der Waals surface area contributed by atoms with Gasteiger partial charge in [-0.3, -0.25) is 14.4 Å². The maximum atomic E-state index is 12.5. The zero-order valence-electron chi connectivity index (χ0n) is 15.2. The van der Waals surface area contributed by atoms with Crippen LogP contribution in [-0.4, -0.2) is 34.4 Å². The molecule has 8 nitrogen and oxygen atoms in total. The van der Waals surface area contributed by atoms with Crippen molar-refractivity contribution >= 4 is 46.7 Å². The van der Waals surface area contributed by atoms with Gasteiger partial charge in [0.15, 0.2) is 17.2 Å². The third-order valence-electron chi connectivity index (χ3n) is 3.67. The van der Waals surface area contributed by atoms with Crippen molar-refractivity contribution in [2.24, 2.45) is 0 Å². The van der Waals surface area contributed by atoms with E-state index in [1.165, 1.54) is 12.1 Å². The van der Waals surface area contributed by atoms with Crippen molar-refractivity contribution in [2.75, 3.05) is 11.9 Å². The predicted molar refractivity (Wildman–Crippen MR) is 105 cm³/mol. The Morgan fingerprint density at radius 1 is 1.24 bits per heavy atom. The van der Waals surface area contributed by atoms with Gasteiger partial charge in [0, 0.05) is 12.5 Å². The fourth-order valence-corrected chi connectivity index (χ4v) is 2.91. The Bertz CT molecular complexity index is 997. The van der Waals surface area contributed by atoms with Crippen molar-refractivity contribution in [1.29, 1.82) is 5.26 Å². The van der Waals surface area contributed by atoms with Crippen LogP contribution in [-0.2, 0) is 9.53 Å². The van der Waals surface area contributed by atoms with Gasteiger partial charge >= 0.3 is 5.97 Å². The average Bonchev–Trinajstić information content (AvgIpc) is 2.67. The molecule has 1 amide bonds. The van der Waals surface area contributed by atoms with Gasteiger partial charge in [-0.15, -0.1) is 0 Å². The Balaban J connectivity index is 2.31. The highest BCUT2D eigenvalue weighted by Gasteiger charge is 2.22. The number of nitrogens with zero attached hydrogens (tertiary/aromatic N) is 2. The van der Waals surface area contributed by atoms with E-state index in [1.807, 2.05) is 0 Å². The maximum Gasteiger partial charge on any atom is 0.306 e. The van der Waals surface area contributed by atoms with E-state index in [2.05, 4.69) is 10.3 Å². The van der Waals surface area contributed by atoms with Crippen LogP contribution in [0, 0.1) is 11.3 Å². The SMILES string of the molecule is CCOC(=O)CCC(=O)c1nc(NC(=O)c2c(Cl)cccc2Cl)cc(C#N)c1O. The van der Waals surface area contributed by atoms with E-state index in [-0.39, 0.29) is 46.4 Å². The number of esters is 1. The Morgan fingerprint density at radius 3 is 2.48 bits per heavy atom. The number of ether oxygens (including phenoxy) is 1. The summed E-state index contributed by atoms with van der Waals surface area (Å²) >= 11 is 12.0. The van der Waals surface area contributed by atoms with Crippen LogP contribution in [0.25, 0.3) is 0 Å². The molecule has 0 saturated heterocycles. The lowest BCUT2D eigenvalue weighted by Gasteiger charge is -2.11. The largest absolute Gasteiger partial charge is 0.504 e. The van der Waals surface area contributed by atoms with Crippen LogP contribution in [0.3, 0.4) is 0 Å². The maximum absolute atomic E-state index is 12.5. The van der Waals surface area contributed by atoms with E-state index >= 15 is 0 Å². The molecule has 0 fully saturated rings. The molecule has 0 saturated carbocycles. The number of aromatic hydroxyl groups is 1. The van der Waals surface area contributed by atoms with E-state index in [1.54, 1.807) is 19.1 Å². The highest BCUT2D eigenvalue weighted by atomic mass is 35.5. The molecule has 10 heteroatoms. The number of anilines is 1. The van der Waals surface area contributed by atoms with Gasteiger partial charge in [-0.1, -0.05) is 29.3 Å². The summed E-state index contributed by atoms with van der Waals surface area (Å²) in [6.45, 7) is 1.80. The van der Waals surface area contributed by atoms with Crippen LogP contribution < -0.4 is 5.32 Å². The topological polar surface area (TPSA) is 129 Å². The smallest absolute Gasteiger partial charge is 0.306 e. The van der Waals surface area contributed by atoms with Gasteiger partial charge in [-0.2, -0.15) is 5.26 Å². The number of nitrogens with one attached hydrogen (secondary N) is 1. The summed E-state index contributed by atoms with van der Waals surface area (Å²) in [7, 11) is 0. The summed E-state index contributed by atoms with van der Waals surface area (Å²) in [5, 5.41) is 21.9. The Hall–Kier alpha value is -3.15. The monoisotopic (exact) mass is 435 g/mol. The van der Waals surface area contributed by atoms with Crippen LogP contribution in [0.15, 0.2) is 24.3 Å². The third kappa shape index (κ3) is 5.44. The molecule has 0 atom stereocenters. The number of Topliss-reactive ketones (excluding diaryl/α,β-unsaturated/α-hetero) is 1. The number of halogens is 2. The first-order valence-corrected chi connectivity index (χ1v) is 9.12. The summed E-state index contributed by atoms with van der Waals surface area (Å²) in [5.41, 5.74) is -0.742. The second kappa shape index (κ2) is 9.87. The van der Waals surface area contributed by atoms with Crippen molar-refractivity contribution in [1.82, 2.24) is 4.98 Å². The molecule has 150 valence electrons. The van der Waals surface area contributed by atoms with E-state index in [9.17, 15) is 24.8 Å². The molecule has 2 rings (SSSR count). The van der Waals surface area contributed by atoms with Gasteiger partial charge in [-0.05, 0) is 19.1 Å². The van der Waals surface area contributed by atoms with Crippen molar-refractivity contribution in [3.05, 3.63) is 51.1 Å². The minimum absolute atomic E-state index is 0.0144. The normalized spacial score (nSPS) is 10.1. The lowest BCUT2D eigenvalue weighted by Crippen LogP contribution is -2.16. The number of ketones is 1. The Morgan fingerprint density at radius 2 is 1.90 bits per heavy atom. The average molecular weight is 436 g/mol. The molecule has 1 aromatic heterocycles. The fourth-order valence-electron chi connectivity index (χ4n) is 2.34. The first kappa shape index (κ1) is 22.1. The summed E-state index contributed by atoms with van der Waals surface area (Å²) in [6.07, 6.45) is -0.514. The highest BCUT2D eigenvalue weighted by molar-refractivity contribution is 6.40. The minimum Gasteiger partial charge on any atom is -0.504 e. The first-order chi connectivity index (χ1) is 13.8. The summed E-state index contributed by atoms with van der Waals surface area (Å²) < 4.78 is 4.74. The van der Waals surface area contributed by atoms with Gasteiger partial charge in [0.05, 0.1) is 34.2 Å². The van der Waals surface area contributed by atoms with Crippen LogP contribution in [0.5, 0.6) is 5.75 Å². The van der Waals surface area contributed by atoms with E-state index < -0.39 is 29.1 Å². The Kier molecular flexibility index (Phi) is 7.53. The van der Waals surface area contributed by atoms with Gasteiger partial charge in [0.25, 0.3) is 5.91 Å². The zero-order chi connectivity index (χ0) is 21.6. The van der Waals surface area contributed by atoms with Gasteiger partial charge in [-0.25, -0.2) is 4.98 Å². The second-order valence-electron chi connectivity index (χ2n) is 5.64. The molecule has 2 aromatic rings. The highest BCUT2D eigenvalue weighted by Crippen LogP contribution is 2.28.